The third kappa shape index (κ3) is 25.0. The lowest BCUT2D eigenvalue weighted by Crippen LogP contribution is -2.38. The van der Waals surface area contributed by atoms with Crippen LogP contribution in [0.3, 0.4) is 0 Å². The summed E-state index contributed by atoms with van der Waals surface area (Å²) >= 11 is 0. The van der Waals surface area contributed by atoms with Crippen molar-refractivity contribution in [2.24, 2.45) is 5.41 Å². The van der Waals surface area contributed by atoms with Crippen molar-refractivity contribution < 1.29 is 97.5 Å². The SMILES string of the molecule is CCC(COP(=O)(C(=O)c1c(C)cc(C)cc1C)c1ccccc1)(COP(=O)(C(=O)c1c(C)cc(C)cc1C)c1ccccc1)COP(=O)(C(=O)c1c(C)cc(C)cc1C)c1ccccc1.Cc1cc(C)c(C(=O)P(=O)(OCCOCC(COCCOP(=O)(C(=O)c2c(C)cc(C)cc2C)c2ccccc2)OCCOP(=O)(C(=O)c2c(C)cc(C)cc2C)c2ccccc2)c2ccccc2)c(C)c1. The lowest BCUT2D eigenvalue weighted by Gasteiger charge is -2.36. The summed E-state index contributed by atoms with van der Waals surface area (Å²) in [7, 11) is -25.9. The monoisotopic (exact) mass is 1980 g/mol. The third-order valence-electron chi connectivity index (χ3n) is 24.3. The Hall–Kier alpha value is -10.3. The molecule has 12 aromatic carbocycles. The standard InChI is InChI=1S/C57H65O12P3.C54H59O9P3/c1-39-31-42(4)52(43(5)32-39)55(58)70(61,49-19-13-10-14-20-49)67-28-25-64-37-48(66-27-30-69-72(63,51-23-17-12-18-24-51)57(60)54-46(8)35-41(3)36-47(54)9)38-65-26-29-68-71(62,50-21-15-11-16-22-50)56(59)53-44(6)33-40(2)34-45(53)7;1-11-54(33-61-64(58,45-21-15-12-16-22-45)51(55)48-39(5)27-36(2)28-40(48)6,34-62-65(59,46-23-17-13-18-24-46)52(56)49-41(7)29-37(3)30-42(49)8)35-63-66(60,47-25-19-14-20-26-47)53(57)50-43(9)31-38(4)32-44(50)10/h10-24,31-36,48H,25-30,37-38H2,1-9H3;12-32H,11,33-35H2,1-10H3. The number of ether oxygens (including phenoxy) is 3. The Balaban J connectivity index is 0.000000266. The highest BCUT2D eigenvalue weighted by Crippen LogP contribution is 2.59. The summed E-state index contributed by atoms with van der Waals surface area (Å²) in [4.78, 5) is 87.2. The van der Waals surface area contributed by atoms with Gasteiger partial charge in [-0.2, -0.15) is 0 Å². The quantitative estimate of drug-likeness (QED) is 0.0253. The van der Waals surface area contributed by atoms with Gasteiger partial charge in [0.15, 0.2) is 0 Å². The smallest absolute Gasteiger partial charge is 0.300 e. The molecule has 0 radical (unpaired) electrons. The summed E-state index contributed by atoms with van der Waals surface area (Å²) in [5.41, 5.74) is 9.85. The van der Waals surface area contributed by atoms with Gasteiger partial charge in [-0.15, -0.1) is 0 Å². The fourth-order valence-electron chi connectivity index (χ4n) is 17.8. The highest BCUT2D eigenvalue weighted by Gasteiger charge is 2.49. The van der Waals surface area contributed by atoms with Crippen LogP contribution in [0, 0.1) is 130 Å². The van der Waals surface area contributed by atoms with Gasteiger partial charge in [0, 0.05) is 70.6 Å². The van der Waals surface area contributed by atoms with Crippen molar-refractivity contribution in [2.75, 3.05) is 72.7 Å². The zero-order valence-corrected chi connectivity index (χ0v) is 87.4. The van der Waals surface area contributed by atoms with E-state index in [4.69, 9.17) is 41.4 Å². The van der Waals surface area contributed by atoms with Crippen molar-refractivity contribution in [3.05, 3.63) is 388 Å². The molecule has 12 rings (SSSR count). The van der Waals surface area contributed by atoms with Crippen LogP contribution in [0.4, 0.5) is 0 Å². The highest BCUT2D eigenvalue weighted by molar-refractivity contribution is 7.85. The first kappa shape index (κ1) is 108. The fourth-order valence-corrected chi connectivity index (χ4v) is 30.4. The average molecular weight is 1980 g/mol. The predicted molar refractivity (Wildman–Crippen MR) is 552 cm³/mol. The normalized spacial score (nSPS) is 14.8. The van der Waals surface area contributed by atoms with E-state index in [9.17, 15) is 42.5 Å². The Morgan fingerprint density at radius 2 is 0.391 bits per heavy atom. The number of hydrogen-bond acceptors (Lipinski definition) is 21. The molecule has 21 nitrogen and oxygen atoms in total. The van der Waals surface area contributed by atoms with E-state index in [0.717, 1.165) is 33.4 Å². The van der Waals surface area contributed by atoms with Crippen molar-refractivity contribution in [3.8, 4) is 0 Å². The molecule has 0 spiro atoms. The van der Waals surface area contributed by atoms with Gasteiger partial charge in [-0.3, -0.25) is 56.2 Å². The number of rotatable bonds is 45. The van der Waals surface area contributed by atoms with Crippen LogP contribution < -0.4 is 31.8 Å². The Morgan fingerprint density at radius 3 is 0.558 bits per heavy atom. The van der Waals surface area contributed by atoms with Gasteiger partial charge in [-0.05, 0) is 271 Å². The molecular weight excluding hydrogens is 1860 g/mol. The summed E-state index contributed by atoms with van der Waals surface area (Å²) in [5.74, 6) is 0. The molecule has 0 aliphatic heterocycles. The summed E-state index contributed by atoms with van der Waals surface area (Å²) in [5, 5.41) is 1.20. The van der Waals surface area contributed by atoms with Crippen LogP contribution in [0.2, 0.25) is 0 Å². The Labute approximate surface area is 812 Å². The molecule has 0 heterocycles. The first-order valence-corrected chi connectivity index (χ1v) is 55.6. The minimum absolute atomic E-state index is 0.0791. The highest BCUT2D eigenvalue weighted by atomic mass is 31.2. The molecule has 12 aromatic rings. The molecule has 0 aliphatic rings. The van der Waals surface area contributed by atoms with Crippen molar-refractivity contribution in [2.45, 2.75) is 144 Å². The predicted octanol–water partition coefficient (Wildman–Crippen LogP) is 24.1. The van der Waals surface area contributed by atoms with Crippen LogP contribution >= 0.6 is 44.2 Å². The van der Waals surface area contributed by atoms with Gasteiger partial charge in [0.1, 0.15) is 6.10 Å². The van der Waals surface area contributed by atoms with E-state index in [-0.39, 0.29) is 108 Å². The maximum atomic E-state index is 15.6. The van der Waals surface area contributed by atoms with Crippen molar-refractivity contribution in [1.82, 2.24) is 0 Å². The number of aryl methyl sites for hydroxylation is 18. The fraction of sp³-hybridized carbons (Fsp3) is 0.297. The van der Waals surface area contributed by atoms with Gasteiger partial charge in [0.25, 0.3) is 33.1 Å². The summed E-state index contributed by atoms with van der Waals surface area (Å²) in [6.07, 6.45) is -0.724. The molecule has 0 N–H and O–H groups in total. The van der Waals surface area contributed by atoms with Crippen LogP contribution in [0.25, 0.3) is 0 Å². The topological polar surface area (TPSA) is 288 Å². The summed E-state index contributed by atoms with van der Waals surface area (Å²) in [6, 6.07) is 72.1. The van der Waals surface area contributed by atoms with E-state index in [1.165, 1.54) is 0 Å². The largest absolute Gasteiger partial charge is 0.376 e. The average Bonchev–Trinajstić information content (AvgIpc) is 0.764. The van der Waals surface area contributed by atoms with Gasteiger partial charge in [-0.25, -0.2) is 0 Å². The van der Waals surface area contributed by atoms with Gasteiger partial charge >= 0.3 is 44.2 Å². The molecule has 0 fully saturated rings. The first-order valence-electron chi connectivity index (χ1n) is 45.8. The molecule has 724 valence electrons. The van der Waals surface area contributed by atoms with Crippen molar-refractivity contribution in [1.29, 1.82) is 0 Å². The van der Waals surface area contributed by atoms with Crippen molar-refractivity contribution >= 4 is 109 Å². The molecule has 6 atom stereocenters. The minimum Gasteiger partial charge on any atom is -0.376 e. The second kappa shape index (κ2) is 47.3. The molecule has 27 heteroatoms. The lowest BCUT2D eigenvalue weighted by molar-refractivity contribution is -0.0698. The molecule has 6 unspecified atom stereocenters. The second-order valence-corrected chi connectivity index (χ2v) is 49.3. The summed E-state index contributed by atoms with van der Waals surface area (Å²) in [6.45, 7) is 32.1. The number of carbonyl (C=O) groups excluding carboxylic acids is 6. The Bertz CT molecular complexity index is 6190. The van der Waals surface area contributed by atoms with Gasteiger partial charge in [0.05, 0.1) is 72.7 Å². The Morgan fingerprint density at radius 1 is 0.232 bits per heavy atom. The maximum absolute atomic E-state index is 15.6. The molecule has 0 aromatic heterocycles. The van der Waals surface area contributed by atoms with Crippen LogP contribution in [-0.4, -0.2) is 112 Å². The van der Waals surface area contributed by atoms with Crippen LogP contribution in [0.1, 0.15) is 176 Å². The van der Waals surface area contributed by atoms with E-state index in [0.29, 0.717) is 83.5 Å². The zero-order chi connectivity index (χ0) is 100. The van der Waals surface area contributed by atoms with Gasteiger partial charge < -0.3 is 41.4 Å². The first-order chi connectivity index (χ1) is 65.5. The number of benzene rings is 12. The van der Waals surface area contributed by atoms with Gasteiger partial charge in [-0.1, -0.05) is 222 Å². The molecule has 0 saturated carbocycles. The zero-order valence-electron chi connectivity index (χ0n) is 82.1. The van der Waals surface area contributed by atoms with Crippen molar-refractivity contribution in [3.63, 3.8) is 0 Å². The van der Waals surface area contributed by atoms with E-state index in [1.807, 2.05) is 142 Å². The molecular formula is C111H124O21P6. The number of hydrogen-bond donors (Lipinski definition) is 0. The van der Waals surface area contributed by atoms with E-state index in [1.54, 1.807) is 244 Å². The molecule has 0 saturated heterocycles. The molecule has 138 heavy (non-hydrogen) atoms. The maximum Gasteiger partial charge on any atom is 0.300 e. The number of carbonyl (C=O) groups is 6. The van der Waals surface area contributed by atoms with Crippen LogP contribution in [0.5, 0.6) is 0 Å². The van der Waals surface area contributed by atoms with E-state index in [2.05, 4.69) is 0 Å². The molecule has 0 aliphatic carbocycles. The molecule has 0 bridgehead atoms. The molecule has 0 amide bonds. The van der Waals surface area contributed by atoms with E-state index >= 15 is 13.7 Å². The Kier molecular flexibility index (Phi) is 37.0. The third-order valence-corrected chi connectivity index (χ3v) is 37.8. The summed E-state index contributed by atoms with van der Waals surface area (Å²) < 4.78 is 147. The minimum atomic E-state index is -4.50. The van der Waals surface area contributed by atoms with Gasteiger partial charge in [0.2, 0.25) is 0 Å². The van der Waals surface area contributed by atoms with E-state index < -0.39 is 109 Å². The van der Waals surface area contributed by atoms with Crippen LogP contribution in [0.15, 0.2) is 255 Å². The second-order valence-electron chi connectivity index (χ2n) is 35.6. The lowest BCUT2D eigenvalue weighted by atomic mass is 9.88. The van der Waals surface area contributed by atoms with Crippen LogP contribution in [-0.2, 0) is 68.7 Å².